The Morgan fingerprint density at radius 2 is 2.24 bits per heavy atom. The highest BCUT2D eigenvalue weighted by atomic mass is 32.1. The Hall–Kier alpha value is -2.65. The first-order valence-electron chi connectivity index (χ1n) is 9.50. The molecular formula is C20H22FN5O2S. The molecule has 9 heteroatoms. The maximum Gasteiger partial charge on any atom is 0.271 e. The molecule has 0 spiro atoms. The van der Waals surface area contributed by atoms with E-state index in [0.29, 0.717) is 41.8 Å². The van der Waals surface area contributed by atoms with Gasteiger partial charge in [-0.05, 0) is 38.0 Å². The van der Waals surface area contributed by atoms with Crippen molar-refractivity contribution in [2.75, 3.05) is 25.1 Å². The van der Waals surface area contributed by atoms with Crippen LogP contribution in [0.5, 0.6) is 0 Å². The van der Waals surface area contributed by atoms with E-state index in [0.717, 1.165) is 28.8 Å². The maximum atomic E-state index is 13.5. The third-order valence-electron chi connectivity index (χ3n) is 4.86. The first-order valence-corrected chi connectivity index (χ1v) is 10.3. The normalized spacial score (nSPS) is 17.4. The fourth-order valence-corrected chi connectivity index (χ4v) is 4.21. The number of aryl methyl sites for hydroxylation is 1. The molecular weight excluding hydrogens is 393 g/mol. The number of nitrogens with one attached hydrogen (secondary N) is 2. The summed E-state index contributed by atoms with van der Waals surface area (Å²) in [5.74, 6) is 0.0204. The molecule has 1 aliphatic rings. The van der Waals surface area contributed by atoms with Crippen molar-refractivity contribution < 1.29 is 13.9 Å². The number of carbonyl (C=O) groups excluding carboxylic acids is 1. The van der Waals surface area contributed by atoms with E-state index >= 15 is 0 Å². The number of pyridine rings is 1. The van der Waals surface area contributed by atoms with Gasteiger partial charge in [0.15, 0.2) is 5.69 Å². The zero-order valence-electron chi connectivity index (χ0n) is 16.2. The Labute approximate surface area is 171 Å². The summed E-state index contributed by atoms with van der Waals surface area (Å²) in [7, 11) is 0. The van der Waals surface area contributed by atoms with Crippen molar-refractivity contribution in [3.8, 4) is 0 Å². The number of thiophene rings is 1. The van der Waals surface area contributed by atoms with Gasteiger partial charge in [0.05, 0.1) is 29.1 Å². The van der Waals surface area contributed by atoms with Crippen LogP contribution >= 0.6 is 11.3 Å². The predicted molar refractivity (Wildman–Crippen MR) is 110 cm³/mol. The summed E-state index contributed by atoms with van der Waals surface area (Å²) in [5, 5.41) is 6.13. The summed E-state index contributed by atoms with van der Waals surface area (Å²) in [4.78, 5) is 26.8. The lowest BCUT2D eigenvalue weighted by molar-refractivity contribution is 0.0942. The topological polar surface area (TPSA) is 89.0 Å². The van der Waals surface area contributed by atoms with Crippen LogP contribution in [0, 0.1) is 18.7 Å². The molecule has 0 aliphatic carbocycles. The van der Waals surface area contributed by atoms with Crippen LogP contribution in [0.25, 0.3) is 10.2 Å². The Morgan fingerprint density at radius 3 is 3.00 bits per heavy atom. The molecule has 4 rings (SSSR count). The lowest BCUT2D eigenvalue weighted by Gasteiger charge is -2.15. The minimum absolute atomic E-state index is 0.228. The number of halogens is 1. The molecule has 1 fully saturated rings. The highest BCUT2D eigenvalue weighted by Gasteiger charge is 2.21. The summed E-state index contributed by atoms with van der Waals surface area (Å²) in [6, 6.07) is 3.07. The number of amides is 1. The molecule has 3 aromatic heterocycles. The number of fused-ring (bicyclic) bond motifs is 1. The molecule has 29 heavy (non-hydrogen) atoms. The van der Waals surface area contributed by atoms with Gasteiger partial charge in [-0.1, -0.05) is 0 Å². The van der Waals surface area contributed by atoms with Crippen molar-refractivity contribution in [1.29, 1.82) is 0 Å². The molecule has 1 saturated heterocycles. The van der Waals surface area contributed by atoms with Crippen LogP contribution in [-0.2, 0) is 4.74 Å². The van der Waals surface area contributed by atoms with Crippen molar-refractivity contribution in [3.63, 3.8) is 0 Å². The number of aromatic nitrogens is 3. The van der Waals surface area contributed by atoms with Crippen molar-refractivity contribution in [1.82, 2.24) is 20.3 Å². The summed E-state index contributed by atoms with van der Waals surface area (Å²) < 4.78 is 19.6. The molecule has 0 radical (unpaired) electrons. The number of carbonyl (C=O) groups is 1. The van der Waals surface area contributed by atoms with Crippen LogP contribution in [0.4, 0.5) is 10.3 Å². The standard InChI is InChI=1S/C20H22FN5O2S/c1-11-5-16-18(29-11)17(19(27)23-7-13-3-4-28-10-13)26-20(25-16)24-12(2)14-6-15(21)9-22-8-14/h5-6,8-9,12-13H,3-4,7,10H2,1-2H3,(H,23,27)(H,24,25,26)/t12?,13-/m1/s1. The SMILES string of the molecule is Cc1cc2nc(NC(C)c3cncc(F)c3)nc(C(=O)NC[C@H]3CCOC3)c2s1. The molecule has 1 unspecified atom stereocenters. The van der Waals surface area contributed by atoms with E-state index in [9.17, 15) is 9.18 Å². The molecule has 1 amide bonds. The van der Waals surface area contributed by atoms with Crippen LogP contribution in [0.3, 0.4) is 0 Å². The van der Waals surface area contributed by atoms with Gasteiger partial charge in [-0.25, -0.2) is 14.4 Å². The zero-order chi connectivity index (χ0) is 20.4. The van der Waals surface area contributed by atoms with Crippen LogP contribution in [0.2, 0.25) is 0 Å². The molecule has 3 aromatic rings. The monoisotopic (exact) mass is 415 g/mol. The molecule has 0 saturated carbocycles. The van der Waals surface area contributed by atoms with Gasteiger partial charge in [0, 0.05) is 30.1 Å². The maximum absolute atomic E-state index is 13.5. The number of hydrogen-bond donors (Lipinski definition) is 2. The average Bonchev–Trinajstić information content (AvgIpc) is 3.34. The summed E-state index contributed by atoms with van der Waals surface area (Å²) in [5.41, 5.74) is 1.73. The molecule has 2 N–H and O–H groups in total. The Kier molecular flexibility index (Phi) is 5.68. The van der Waals surface area contributed by atoms with E-state index in [4.69, 9.17) is 4.74 Å². The van der Waals surface area contributed by atoms with Crippen molar-refractivity contribution in [2.24, 2.45) is 5.92 Å². The van der Waals surface area contributed by atoms with Crippen LogP contribution < -0.4 is 10.6 Å². The van der Waals surface area contributed by atoms with Crippen LogP contribution in [0.1, 0.15) is 40.3 Å². The molecule has 7 nitrogen and oxygen atoms in total. The van der Waals surface area contributed by atoms with Crippen molar-refractivity contribution in [2.45, 2.75) is 26.3 Å². The van der Waals surface area contributed by atoms with Gasteiger partial charge in [0.2, 0.25) is 5.95 Å². The fourth-order valence-electron chi connectivity index (χ4n) is 3.27. The van der Waals surface area contributed by atoms with Gasteiger partial charge in [-0.2, -0.15) is 0 Å². The fraction of sp³-hybridized carbons (Fsp3) is 0.400. The third kappa shape index (κ3) is 4.51. The molecule has 0 aromatic carbocycles. The highest BCUT2D eigenvalue weighted by molar-refractivity contribution is 7.19. The first kappa shape index (κ1) is 19.7. The second kappa shape index (κ2) is 8.38. The second-order valence-electron chi connectivity index (χ2n) is 7.21. The number of nitrogens with zero attached hydrogens (tertiary/aromatic N) is 3. The van der Waals surface area contributed by atoms with Crippen molar-refractivity contribution in [3.05, 3.63) is 46.5 Å². The zero-order valence-corrected chi connectivity index (χ0v) is 17.1. The molecule has 1 aliphatic heterocycles. The lowest BCUT2D eigenvalue weighted by Crippen LogP contribution is -2.30. The van der Waals surface area contributed by atoms with Gasteiger partial charge >= 0.3 is 0 Å². The number of rotatable bonds is 6. The minimum Gasteiger partial charge on any atom is -0.381 e. The predicted octanol–water partition coefficient (Wildman–Crippen LogP) is 3.47. The molecule has 152 valence electrons. The lowest BCUT2D eigenvalue weighted by atomic mass is 10.1. The van der Waals surface area contributed by atoms with E-state index in [2.05, 4.69) is 25.6 Å². The van der Waals surface area contributed by atoms with Gasteiger partial charge in [0.1, 0.15) is 5.82 Å². The third-order valence-corrected chi connectivity index (χ3v) is 5.90. The quantitative estimate of drug-likeness (QED) is 0.641. The summed E-state index contributed by atoms with van der Waals surface area (Å²) >= 11 is 1.49. The number of hydrogen-bond acceptors (Lipinski definition) is 7. The average molecular weight is 415 g/mol. The molecule has 4 heterocycles. The minimum atomic E-state index is -0.406. The van der Waals surface area contributed by atoms with E-state index in [-0.39, 0.29) is 11.9 Å². The van der Waals surface area contributed by atoms with Gasteiger partial charge < -0.3 is 15.4 Å². The van der Waals surface area contributed by atoms with E-state index in [1.807, 2.05) is 19.9 Å². The first-order chi connectivity index (χ1) is 14.0. The van der Waals surface area contributed by atoms with E-state index in [1.54, 1.807) is 6.20 Å². The summed E-state index contributed by atoms with van der Waals surface area (Å²) in [6.07, 6.45) is 3.69. The summed E-state index contributed by atoms with van der Waals surface area (Å²) in [6.45, 7) is 5.80. The van der Waals surface area contributed by atoms with Crippen LogP contribution in [0.15, 0.2) is 24.5 Å². The Balaban J connectivity index is 1.58. The van der Waals surface area contributed by atoms with Gasteiger partial charge in [-0.3, -0.25) is 9.78 Å². The Morgan fingerprint density at radius 1 is 1.38 bits per heavy atom. The van der Waals surface area contributed by atoms with E-state index in [1.165, 1.54) is 17.4 Å². The van der Waals surface area contributed by atoms with Crippen molar-refractivity contribution >= 4 is 33.4 Å². The smallest absolute Gasteiger partial charge is 0.271 e. The number of ether oxygens (including phenoxy) is 1. The highest BCUT2D eigenvalue weighted by Crippen LogP contribution is 2.28. The Bertz CT molecular complexity index is 1030. The molecule has 0 bridgehead atoms. The molecule has 2 atom stereocenters. The van der Waals surface area contributed by atoms with E-state index < -0.39 is 5.82 Å². The van der Waals surface area contributed by atoms with Gasteiger partial charge in [0.25, 0.3) is 5.91 Å². The number of anilines is 1. The largest absolute Gasteiger partial charge is 0.381 e. The van der Waals surface area contributed by atoms with Gasteiger partial charge in [-0.15, -0.1) is 11.3 Å². The van der Waals surface area contributed by atoms with Crippen LogP contribution in [-0.4, -0.2) is 40.6 Å². The second-order valence-corrected chi connectivity index (χ2v) is 8.47.